The minimum Gasteiger partial charge on any atom is -0.504 e. The molecule has 1 aromatic rings. The van der Waals surface area contributed by atoms with Gasteiger partial charge in [0.1, 0.15) is 0 Å². The van der Waals surface area contributed by atoms with Crippen LogP contribution in [0.4, 0.5) is 0 Å². The Morgan fingerprint density at radius 3 is 3.22 bits per heavy atom. The summed E-state index contributed by atoms with van der Waals surface area (Å²) in [5.41, 5.74) is 0.942. The van der Waals surface area contributed by atoms with Crippen LogP contribution in [-0.4, -0.2) is 17.3 Å². The normalized spacial score (nSPS) is 10.3. The predicted molar refractivity (Wildman–Crippen MR) is 34.6 cm³/mol. The fraction of sp³-hybridized carbons (Fsp3) is 0.167. The molecule has 1 heterocycles. The molecule has 9 heavy (non-hydrogen) atoms. The Labute approximate surface area is 53.3 Å². The first-order valence-electron chi connectivity index (χ1n) is 2.62. The zero-order valence-corrected chi connectivity index (χ0v) is 5.16. The summed E-state index contributed by atoms with van der Waals surface area (Å²) in [4.78, 5) is 0. The van der Waals surface area contributed by atoms with Crippen molar-refractivity contribution < 1.29 is 4.74 Å². The van der Waals surface area contributed by atoms with Crippen LogP contribution in [0.15, 0.2) is 18.5 Å². The van der Waals surface area contributed by atoms with E-state index in [0.29, 0.717) is 0 Å². The maximum atomic E-state index is 4.69. The maximum Gasteiger partial charge on any atom is 0.0845 e. The van der Waals surface area contributed by atoms with Gasteiger partial charge in [0.2, 0.25) is 0 Å². The Hall–Kier alpha value is -1.25. The van der Waals surface area contributed by atoms with Crippen molar-refractivity contribution in [2.45, 2.75) is 0 Å². The van der Waals surface area contributed by atoms with Gasteiger partial charge in [0, 0.05) is 6.20 Å². The van der Waals surface area contributed by atoms with E-state index in [9.17, 15) is 0 Å². The Balaban J connectivity index is 2.57. The molecule has 1 N–H and O–H groups in total. The molecular formula is C6H8N2O. The minimum absolute atomic E-state index is 0.942. The third kappa shape index (κ3) is 1.60. The van der Waals surface area contributed by atoms with E-state index in [4.69, 9.17) is 0 Å². The first-order valence-corrected chi connectivity index (χ1v) is 2.62. The summed E-state index contributed by atoms with van der Waals surface area (Å²) < 4.78 is 4.69. The van der Waals surface area contributed by atoms with Gasteiger partial charge in [-0.1, -0.05) is 0 Å². The molecule has 0 saturated carbocycles. The second-order valence-electron chi connectivity index (χ2n) is 1.55. The van der Waals surface area contributed by atoms with Crippen molar-refractivity contribution in [2.75, 3.05) is 7.11 Å². The van der Waals surface area contributed by atoms with Gasteiger partial charge in [0.25, 0.3) is 0 Å². The van der Waals surface area contributed by atoms with Gasteiger partial charge in [0.05, 0.1) is 19.1 Å². The Morgan fingerprint density at radius 2 is 2.67 bits per heavy atom. The largest absolute Gasteiger partial charge is 0.504 e. The van der Waals surface area contributed by atoms with Crippen LogP contribution in [0.2, 0.25) is 0 Å². The Morgan fingerprint density at radius 1 is 1.78 bits per heavy atom. The van der Waals surface area contributed by atoms with Crippen molar-refractivity contribution in [2.24, 2.45) is 0 Å². The monoisotopic (exact) mass is 124 g/mol. The molecule has 1 rings (SSSR count). The molecule has 0 atom stereocenters. The second-order valence-corrected chi connectivity index (χ2v) is 1.55. The number of aromatic amines is 1. The van der Waals surface area contributed by atoms with E-state index in [1.165, 1.54) is 0 Å². The number of nitrogens with zero attached hydrogens (tertiary/aromatic N) is 1. The zero-order valence-electron chi connectivity index (χ0n) is 5.16. The molecule has 0 bridgehead atoms. The molecule has 1 aromatic heterocycles. The topological polar surface area (TPSA) is 37.9 Å². The van der Waals surface area contributed by atoms with Crippen LogP contribution >= 0.6 is 0 Å². The van der Waals surface area contributed by atoms with Crippen LogP contribution in [0.5, 0.6) is 0 Å². The summed E-state index contributed by atoms with van der Waals surface area (Å²) in [6.07, 6.45) is 5.08. The van der Waals surface area contributed by atoms with Crippen LogP contribution in [-0.2, 0) is 4.74 Å². The quantitative estimate of drug-likeness (QED) is 0.598. The lowest BCUT2D eigenvalue weighted by atomic mass is 10.4. The van der Waals surface area contributed by atoms with Crippen molar-refractivity contribution in [1.82, 2.24) is 10.2 Å². The van der Waals surface area contributed by atoms with Crippen molar-refractivity contribution in [3.8, 4) is 0 Å². The highest BCUT2D eigenvalue weighted by atomic mass is 16.5. The van der Waals surface area contributed by atoms with E-state index in [1.54, 1.807) is 25.6 Å². The van der Waals surface area contributed by atoms with Crippen LogP contribution in [0.3, 0.4) is 0 Å². The maximum absolute atomic E-state index is 4.69. The molecule has 0 aliphatic carbocycles. The van der Waals surface area contributed by atoms with Gasteiger partial charge in [-0.3, -0.25) is 5.10 Å². The molecule has 0 amide bonds. The van der Waals surface area contributed by atoms with Crippen LogP contribution in [0.1, 0.15) is 5.69 Å². The van der Waals surface area contributed by atoms with Gasteiger partial charge in [-0.2, -0.15) is 5.10 Å². The lowest BCUT2D eigenvalue weighted by Crippen LogP contribution is -1.70. The molecule has 3 heteroatoms. The van der Waals surface area contributed by atoms with Crippen LogP contribution in [0, 0.1) is 0 Å². The van der Waals surface area contributed by atoms with E-state index in [0.717, 1.165) is 5.69 Å². The summed E-state index contributed by atoms with van der Waals surface area (Å²) in [6, 6.07) is 1.86. The van der Waals surface area contributed by atoms with Crippen LogP contribution in [0.25, 0.3) is 6.08 Å². The summed E-state index contributed by atoms with van der Waals surface area (Å²) in [7, 11) is 1.60. The minimum atomic E-state index is 0.942. The van der Waals surface area contributed by atoms with Gasteiger partial charge in [0.15, 0.2) is 0 Å². The second kappa shape index (κ2) is 2.91. The highest BCUT2D eigenvalue weighted by molar-refractivity contribution is 5.41. The van der Waals surface area contributed by atoms with E-state index in [2.05, 4.69) is 14.9 Å². The first kappa shape index (κ1) is 5.88. The molecular weight excluding hydrogens is 116 g/mol. The number of methoxy groups -OCH3 is 1. The first-order chi connectivity index (χ1) is 4.43. The molecule has 3 nitrogen and oxygen atoms in total. The Kier molecular flexibility index (Phi) is 1.90. The number of ether oxygens (including phenoxy) is 1. The number of aromatic nitrogens is 2. The number of nitrogens with one attached hydrogen (secondary N) is 1. The smallest absolute Gasteiger partial charge is 0.0845 e. The summed E-state index contributed by atoms with van der Waals surface area (Å²) in [6.45, 7) is 0. The molecule has 48 valence electrons. The van der Waals surface area contributed by atoms with Gasteiger partial charge in [-0.05, 0) is 12.1 Å². The summed E-state index contributed by atoms with van der Waals surface area (Å²) in [5.74, 6) is 0. The molecule has 0 unspecified atom stereocenters. The third-order valence-corrected chi connectivity index (χ3v) is 0.906. The van der Waals surface area contributed by atoms with Crippen LogP contribution < -0.4 is 0 Å². The standard InChI is InChI=1S/C6H8N2O/c1-9-5-3-6-2-4-7-8-6/h2-5H,1H3,(H,7,8)/b5-3+. The van der Waals surface area contributed by atoms with E-state index < -0.39 is 0 Å². The fourth-order valence-electron chi connectivity index (χ4n) is 0.501. The predicted octanol–water partition coefficient (Wildman–Crippen LogP) is 1.03. The number of hydrogen-bond acceptors (Lipinski definition) is 2. The molecule has 0 saturated heterocycles. The highest BCUT2D eigenvalue weighted by Gasteiger charge is 1.81. The molecule has 0 aliphatic heterocycles. The third-order valence-electron chi connectivity index (χ3n) is 0.906. The summed E-state index contributed by atoms with van der Waals surface area (Å²) >= 11 is 0. The van der Waals surface area contributed by atoms with Gasteiger partial charge < -0.3 is 4.74 Å². The van der Waals surface area contributed by atoms with E-state index in [1.807, 2.05) is 6.07 Å². The fourth-order valence-corrected chi connectivity index (χ4v) is 0.501. The van der Waals surface area contributed by atoms with Crippen molar-refractivity contribution in [3.05, 3.63) is 24.2 Å². The average molecular weight is 124 g/mol. The average Bonchev–Trinajstić information content (AvgIpc) is 2.34. The zero-order chi connectivity index (χ0) is 6.53. The van der Waals surface area contributed by atoms with Crippen molar-refractivity contribution in [3.63, 3.8) is 0 Å². The highest BCUT2D eigenvalue weighted by Crippen LogP contribution is 1.93. The number of H-pyrrole nitrogens is 1. The SMILES string of the molecule is CO/C=C/c1ccn[nH]1. The van der Waals surface area contributed by atoms with Crippen molar-refractivity contribution in [1.29, 1.82) is 0 Å². The van der Waals surface area contributed by atoms with E-state index in [-0.39, 0.29) is 0 Å². The van der Waals surface area contributed by atoms with Gasteiger partial charge >= 0.3 is 0 Å². The summed E-state index contributed by atoms with van der Waals surface area (Å²) in [5, 5.41) is 6.50. The van der Waals surface area contributed by atoms with Gasteiger partial charge in [-0.15, -0.1) is 0 Å². The number of hydrogen-bond donors (Lipinski definition) is 1. The molecule has 0 fully saturated rings. The van der Waals surface area contributed by atoms with E-state index >= 15 is 0 Å². The number of rotatable bonds is 2. The van der Waals surface area contributed by atoms with Gasteiger partial charge in [-0.25, -0.2) is 0 Å². The molecule has 0 spiro atoms. The molecule has 0 aromatic carbocycles. The lowest BCUT2D eigenvalue weighted by molar-refractivity contribution is 0.341. The lowest BCUT2D eigenvalue weighted by Gasteiger charge is -1.83. The van der Waals surface area contributed by atoms with Crippen molar-refractivity contribution >= 4 is 6.08 Å². The Bertz CT molecular complexity index is 179. The molecule has 0 aliphatic rings. The molecule has 0 radical (unpaired) electrons.